The summed E-state index contributed by atoms with van der Waals surface area (Å²) in [5.74, 6) is -0.346. The Morgan fingerprint density at radius 2 is 1.66 bits per heavy atom. The molecule has 1 amide bonds. The van der Waals surface area contributed by atoms with Gasteiger partial charge in [0.05, 0.1) is 24.6 Å². The predicted octanol–water partition coefficient (Wildman–Crippen LogP) is 3.56. The van der Waals surface area contributed by atoms with Crippen LogP contribution in [0.4, 0.5) is 0 Å². The van der Waals surface area contributed by atoms with Crippen LogP contribution in [-0.2, 0) is 14.3 Å². The Kier molecular flexibility index (Phi) is 7.42. The summed E-state index contributed by atoms with van der Waals surface area (Å²) in [4.78, 5) is 27.4. The number of nitrogens with one attached hydrogen (secondary N) is 1. The second-order valence-corrected chi connectivity index (χ2v) is 7.53. The Hall–Kier alpha value is -2.66. The Balaban J connectivity index is 1.71. The second kappa shape index (κ2) is 10.2. The number of ether oxygens (including phenoxy) is 1. The second-order valence-electron chi connectivity index (χ2n) is 7.53. The van der Waals surface area contributed by atoms with E-state index in [1.54, 1.807) is 0 Å². The van der Waals surface area contributed by atoms with Crippen LogP contribution in [0.2, 0.25) is 0 Å². The minimum Gasteiger partial charge on any atom is -0.466 e. The summed E-state index contributed by atoms with van der Waals surface area (Å²) in [5.41, 5.74) is 2.09. The third kappa shape index (κ3) is 5.45. The molecule has 0 unspecified atom stereocenters. The van der Waals surface area contributed by atoms with Gasteiger partial charge in [0.15, 0.2) is 0 Å². The number of hydrogen-bond donors (Lipinski definition) is 1. The molecule has 5 nitrogen and oxygen atoms in total. The zero-order valence-electron chi connectivity index (χ0n) is 17.2. The topological polar surface area (TPSA) is 58.6 Å². The Morgan fingerprint density at radius 1 is 1.07 bits per heavy atom. The quantitative estimate of drug-likeness (QED) is 0.730. The fourth-order valence-corrected chi connectivity index (χ4v) is 3.89. The van der Waals surface area contributed by atoms with E-state index in [-0.39, 0.29) is 29.9 Å². The summed E-state index contributed by atoms with van der Waals surface area (Å²) >= 11 is 0. The number of rotatable bonds is 7. The minimum absolute atomic E-state index is 0.0350. The van der Waals surface area contributed by atoms with Gasteiger partial charge in [-0.05, 0) is 44.4 Å². The Morgan fingerprint density at radius 3 is 2.21 bits per heavy atom. The lowest BCUT2D eigenvalue weighted by molar-refractivity contribution is -0.151. The number of benzene rings is 2. The first-order valence-corrected chi connectivity index (χ1v) is 10.4. The molecule has 0 bridgehead atoms. The van der Waals surface area contributed by atoms with Gasteiger partial charge in [0.25, 0.3) is 0 Å². The lowest BCUT2D eigenvalue weighted by Crippen LogP contribution is -2.51. The van der Waals surface area contributed by atoms with E-state index in [0.29, 0.717) is 13.2 Å². The molecule has 1 N–H and O–H groups in total. The molecule has 0 aromatic heterocycles. The number of likely N-dealkylation sites (tertiary alicyclic amines) is 1. The van der Waals surface area contributed by atoms with Crippen molar-refractivity contribution in [2.45, 2.75) is 38.8 Å². The number of esters is 1. The third-order valence-corrected chi connectivity index (χ3v) is 5.55. The van der Waals surface area contributed by atoms with Crippen LogP contribution >= 0.6 is 0 Å². The van der Waals surface area contributed by atoms with Gasteiger partial charge in [0.1, 0.15) is 0 Å². The molecule has 2 atom stereocenters. The van der Waals surface area contributed by atoms with E-state index < -0.39 is 0 Å². The van der Waals surface area contributed by atoms with Crippen molar-refractivity contribution >= 4 is 11.9 Å². The number of carbonyl (C=O) groups is 2. The van der Waals surface area contributed by atoms with Gasteiger partial charge < -0.3 is 10.1 Å². The highest BCUT2D eigenvalue weighted by atomic mass is 16.5. The van der Waals surface area contributed by atoms with Crippen LogP contribution in [0.25, 0.3) is 0 Å². The summed E-state index contributed by atoms with van der Waals surface area (Å²) < 4.78 is 5.18. The molecule has 0 aliphatic carbocycles. The van der Waals surface area contributed by atoms with Gasteiger partial charge in [-0.1, -0.05) is 60.7 Å². The average Bonchev–Trinajstić information content (AvgIpc) is 2.78. The van der Waals surface area contributed by atoms with Gasteiger partial charge in [-0.25, -0.2) is 0 Å². The lowest BCUT2D eigenvalue weighted by Gasteiger charge is -2.35. The Labute approximate surface area is 173 Å². The van der Waals surface area contributed by atoms with Crippen LogP contribution in [0, 0.1) is 5.92 Å². The van der Waals surface area contributed by atoms with Gasteiger partial charge in [0, 0.05) is 6.54 Å². The molecule has 1 saturated heterocycles. The van der Waals surface area contributed by atoms with Crippen molar-refractivity contribution in [1.82, 2.24) is 10.2 Å². The maximum absolute atomic E-state index is 13.1. The SMILES string of the molecule is CCOC(=O)[C@H]1CCCN([C@H](C)C(=O)NC(c2ccccc2)c2ccccc2)C1. The number of carbonyl (C=O) groups excluding carboxylic acids is 2. The molecule has 0 spiro atoms. The summed E-state index contributed by atoms with van der Waals surface area (Å²) in [6.07, 6.45) is 1.71. The first-order valence-electron chi connectivity index (χ1n) is 10.4. The third-order valence-electron chi connectivity index (χ3n) is 5.55. The normalized spacial score (nSPS) is 18.2. The molecule has 2 aromatic rings. The van der Waals surface area contributed by atoms with E-state index in [2.05, 4.69) is 10.2 Å². The summed E-state index contributed by atoms with van der Waals surface area (Å²) in [7, 11) is 0. The maximum atomic E-state index is 13.1. The summed E-state index contributed by atoms with van der Waals surface area (Å²) in [5, 5.41) is 3.22. The minimum atomic E-state index is -0.317. The lowest BCUT2D eigenvalue weighted by atomic mass is 9.96. The molecule has 29 heavy (non-hydrogen) atoms. The number of nitrogens with zero attached hydrogens (tertiary/aromatic N) is 1. The van der Waals surface area contributed by atoms with Crippen LogP contribution < -0.4 is 5.32 Å². The molecule has 1 aliphatic rings. The van der Waals surface area contributed by atoms with Crippen molar-refractivity contribution in [2.24, 2.45) is 5.92 Å². The molecule has 5 heteroatoms. The van der Waals surface area contributed by atoms with Gasteiger partial charge in [0.2, 0.25) is 5.91 Å². The van der Waals surface area contributed by atoms with Crippen molar-refractivity contribution < 1.29 is 14.3 Å². The molecule has 0 saturated carbocycles. The first-order chi connectivity index (χ1) is 14.1. The van der Waals surface area contributed by atoms with Crippen molar-refractivity contribution in [3.05, 3.63) is 71.8 Å². The Bertz CT molecular complexity index is 755. The molecule has 2 aromatic carbocycles. The van der Waals surface area contributed by atoms with E-state index in [0.717, 1.165) is 30.5 Å². The van der Waals surface area contributed by atoms with Crippen molar-refractivity contribution in [3.63, 3.8) is 0 Å². The molecule has 1 aliphatic heterocycles. The van der Waals surface area contributed by atoms with Crippen molar-refractivity contribution in [2.75, 3.05) is 19.7 Å². The van der Waals surface area contributed by atoms with Crippen LogP contribution in [0.1, 0.15) is 43.9 Å². The van der Waals surface area contributed by atoms with Gasteiger partial charge in [-0.3, -0.25) is 14.5 Å². The van der Waals surface area contributed by atoms with Crippen LogP contribution in [0.5, 0.6) is 0 Å². The zero-order valence-corrected chi connectivity index (χ0v) is 17.2. The first kappa shape index (κ1) is 21.1. The zero-order chi connectivity index (χ0) is 20.6. The molecule has 3 rings (SSSR count). The predicted molar refractivity (Wildman–Crippen MR) is 113 cm³/mol. The fraction of sp³-hybridized carbons (Fsp3) is 0.417. The van der Waals surface area contributed by atoms with E-state index in [9.17, 15) is 9.59 Å². The molecule has 1 fully saturated rings. The summed E-state index contributed by atoms with van der Waals surface area (Å²) in [6, 6.07) is 19.5. The smallest absolute Gasteiger partial charge is 0.310 e. The number of hydrogen-bond acceptors (Lipinski definition) is 4. The molecule has 1 heterocycles. The average molecular weight is 395 g/mol. The van der Waals surface area contributed by atoms with Gasteiger partial charge >= 0.3 is 5.97 Å². The molecular formula is C24H30N2O3. The van der Waals surface area contributed by atoms with E-state index >= 15 is 0 Å². The molecule has 154 valence electrons. The number of piperidine rings is 1. The van der Waals surface area contributed by atoms with Gasteiger partial charge in [-0.15, -0.1) is 0 Å². The fourth-order valence-electron chi connectivity index (χ4n) is 3.89. The highest BCUT2D eigenvalue weighted by molar-refractivity contribution is 5.82. The van der Waals surface area contributed by atoms with Crippen LogP contribution in [0.3, 0.4) is 0 Å². The number of amides is 1. The van der Waals surface area contributed by atoms with Crippen molar-refractivity contribution in [3.8, 4) is 0 Å². The van der Waals surface area contributed by atoms with E-state index in [4.69, 9.17) is 4.74 Å². The standard InChI is InChI=1S/C24H30N2O3/c1-3-29-24(28)21-15-10-16-26(17-21)18(2)23(27)25-22(19-11-6-4-7-12-19)20-13-8-5-9-14-20/h4-9,11-14,18,21-22H,3,10,15-17H2,1-2H3,(H,25,27)/t18-,21+/m1/s1. The maximum Gasteiger partial charge on any atom is 0.310 e. The monoisotopic (exact) mass is 394 g/mol. The highest BCUT2D eigenvalue weighted by Crippen LogP contribution is 2.24. The van der Waals surface area contributed by atoms with Crippen molar-refractivity contribution in [1.29, 1.82) is 0 Å². The molecular weight excluding hydrogens is 364 g/mol. The molecule has 0 radical (unpaired) electrons. The summed E-state index contributed by atoms with van der Waals surface area (Å²) in [6.45, 7) is 5.50. The van der Waals surface area contributed by atoms with E-state index in [1.807, 2.05) is 74.5 Å². The largest absolute Gasteiger partial charge is 0.466 e. The van der Waals surface area contributed by atoms with Crippen LogP contribution in [0.15, 0.2) is 60.7 Å². The van der Waals surface area contributed by atoms with Crippen LogP contribution in [-0.4, -0.2) is 42.5 Å². The van der Waals surface area contributed by atoms with E-state index in [1.165, 1.54) is 0 Å². The van der Waals surface area contributed by atoms with Gasteiger partial charge in [-0.2, -0.15) is 0 Å². The highest BCUT2D eigenvalue weighted by Gasteiger charge is 2.32.